The van der Waals surface area contributed by atoms with Crippen molar-refractivity contribution in [1.82, 2.24) is 9.97 Å². The van der Waals surface area contributed by atoms with Crippen molar-refractivity contribution in [3.05, 3.63) is 41.2 Å². The van der Waals surface area contributed by atoms with Crippen molar-refractivity contribution >= 4 is 23.4 Å². The number of aromatic nitrogens is 2. The molecule has 2 aromatic heterocycles. The molecule has 0 atom stereocenters. The van der Waals surface area contributed by atoms with Crippen LogP contribution in [0.1, 0.15) is 17.5 Å². The van der Waals surface area contributed by atoms with Gasteiger partial charge in [0.05, 0.1) is 10.6 Å². The van der Waals surface area contributed by atoms with Crippen LogP contribution in [0.5, 0.6) is 0 Å². The Morgan fingerprint density at radius 3 is 2.78 bits per heavy atom. The first-order valence-corrected chi connectivity index (χ1v) is 6.33. The van der Waals surface area contributed by atoms with Crippen LogP contribution in [-0.4, -0.2) is 21.0 Å². The number of pyridine rings is 1. The van der Waals surface area contributed by atoms with Gasteiger partial charge in [0.1, 0.15) is 5.01 Å². The minimum Gasteiger partial charge on any atom is -0.478 e. The Hall–Kier alpha value is -2.01. The molecule has 0 aromatic carbocycles. The fourth-order valence-electron chi connectivity index (χ4n) is 1.51. The number of carbonyl (C=O) groups is 1. The number of aryl methyl sites for hydroxylation is 1. The molecule has 2 rings (SSSR count). The van der Waals surface area contributed by atoms with E-state index in [2.05, 4.69) is 9.97 Å². The highest BCUT2D eigenvalue weighted by molar-refractivity contribution is 7.16. The van der Waals surface area contributed by atoms with Gasteiger partial charge in [0.2, 0.25) is 0 Å². The van der Waals surface area contributed by atoms with Crippen molar-refractivity contribution in [2.75, 3.05) is 0 Å². The third kappa shape index (κ3) is 2.81. The Balaban J connectivity index is 2.38. The Kier molecular flexibility index (Phi) is 3.84. The molecular weight excluding hydrogens is 248 g/mol. The van der Waals surface area contributed by atoms with Gasteiger partial charge >= 0.3 is 5.97 Å². The monoisotopic (exact) mass is 260 g/mol. The fraction of sp³-hybridized carbons (Fsp3) is 0.154. The summed E-state index contributed by atoms with van der Waals surface area (Å²) in [4.78, 5) is 19.9. The van der Waals surface area contributed by atoms with Crippen molar-refractivity contribution in [3.8, 4) is 10.6 Å². The molecule has 0 unspecified atom stereocenters. The molecule has 1 N–H and O–H groups in total. The molecule has 0 saturated carbocycles. The van der Waals surface area contributed by atoms with Gasteiger partial charge in [-0.3, -0.25) is 4.98 Å². The number of aliphatic carboxylic acids is 1. The first kappa shape index (κ1) is 12.4. The van der Waals surface area contributed by atoms with E-state index in [1.807, 2.05) is 19.1 Å². The minimum absolute atomic E-state index is 0.779. The van der Waals surface area contributed by atoms with E-state index >= 15 is 0 Å². The van der Waals surface area contributed by atoms with Gasteiger partial charge in [0.25, 0.3) is 0 Å². The summed E-state index contributed by atoms with van der Waals surface area (Å²) in [5, 5.41) is 9.54. The van der Waals surface area contributed by atoms with Gasteiger partial charge in [-0.15, -0.1) is 11.3 Å². The zero-order chi connectivity index (χ0) is 13.0. The number of nitrogens with zero attached hydrogens (tertiary/aromatic N) is 2. The van der Waals surface area contributed by atoms with Crippen LogP contribution in [0.15, 0.2) is 30.6 Å². The van der Waals surface area contributed by atoms with Gasteiger partial charge in [-0.25, -0.2) is 9.78 Å². The molecule has 0 spiro atoms. The Morgan fingerprint density at radius 1 is 1.44 bits per heavy atom. The van der Waals surface area contributed by atoms with Crippen molar-refractivity contribution in [1.29, 1.82) is 0 Å². The summed E-state index contributed by atoms with van der Waals surface area (Å²) in [5.41, 5.74) is 1.92. The summed E-state index contributed by atoms with van der Waals surface area (Å²) in [7, 11) is 0. The minimum atomic E-state index is -0.948. The molecule has 0 fully saturated rings. The highest BCUT2D eigenvalue weighted by Crippen LogP contribution is 2.28. The molecule has 4 nitrogen and oxygen atoms in total. The van der Waals surface area contributed by atoms with Crippen molar-refractivity contribution in [3.63, 3.8) is 0 Å². The van der Waals surface area contributed by atoms with E-state index < -0.39 is 5.97 Å². The fourth-order valence-corrected chi connectivity index (χ4v) is 2.57. The number of hydrogen-bond acceptors (Lipinski definition) is 4. The Bertz CT molecular complexity index is 576. The number of thiazole rings is 1. The van der Waals surface area contributed by atoms with Crippen LogP contribution in [0, 0.1) is 0 Å². The first-order chi connectivity index (χ1) is 8.70. The summed E-state index contributed by atoms with van der Waals surface area (Å²) in [5.74, 6) is -0.948. The van der Waals surface area contributed by atoms with Gasteiger partial charge in [-0.2, -0.15) is 0 Å². The lowest BCUT2D eigenvalue weighted by Gasteiger charge is -1.92. The molecule has 2 heterocycles. The zero-order valence-corrected chi connectivity index (χ0v) is 10.6. The molecule has 0 saturated heterocycles. The van der Waals surface area contributed by atoms with Gasteiger partial charge in [0.15, 0.2) is 0 Å². The molecule has 92 valence electrons. The van der Waals surface area contributed by atoms with Gasteiger partial charge in [0, 0.05) is 24.0 Å². The lowest BCUT2D eigenvalue weighted by Crippen LogP contribution is -1.87. The summed E-state index contributed by atoms with van der Waals surface area (Å²) < 4.78 is 0. The van der Waals surface area contributed by atoms with Crippen molar-refractivity contribution < 1.29 is 9.90 Å². The topological polar surface area (TPSA) is 63.1 Å². The van der Waals surface area contributed by atoms with Crippen LogP contribution in [0.4, 0.5) is 0 Å². The van der Waals surface area contributed by atoms with Crippen molar-refractivity contribution in [2.24, 2.45) is 0 Å². The van der Waals surface area contributed by atoms with Crippen LogP contribution in [0.25, 0.3) is 16.6 Å². The second-order valence-electron chi connectivity index (χ2n) is 3.59. The average Bonchev–Trinajstić information content (AvgIpc) is 2.80. The Labute approximate surface area is 109 Å². The standard InChI is InChI=1S/C13H12N2O2S/c1-2-10-11(3-4-12(16)17)18-13(15-10)9-5-7-14-8-6-9/h3-8H,2H2,1H3,(H,16,17)/b4-3+. The number of hydrogen-bond donors (Lipinski definition) is 1. The van der Waals surface area contributed by atoms with E-state index in [0.29, 0.717) is 0 Å². The Morgan fingerprint density at radius 2 is 2.17 bits per heavy atom. The highest BCUT2D eigenvalue weighted by Gasteiger charge is 2.09. The zero-order valence-electron chi connectivity index (χ0n) is 9.83. The molecule has 2 aromatic rings. The van der Waals surface area contributed by atoms with Gasteiger partial charge in [-0.05, 0) is 24.6 Å². The predicted octanol–water partition coefficient (Wildman–Crippen LogP) is 2.87. The number of carboxylic acid groups (broad SMARTS) is 1. The lowest BCUT2D eigenvalue weighted by atomic mass is 10.2. The van der Waals surface area contributed by atoms with Gasteiger partial charge < -0.3 is 5.11 Å². The molecule has 0 bridgehead atoms. The highest BCUT2D eigenvalue weighted by atomic mass is 32.1. The average molecular weight is 260 g/mol. The van der Waals surface area contributed by atoms with Crippen LogP contribution in [-0.2, 0) is 11.2 Å². The summed E-state index contributed by atoms with van der Waals surface area (Å²) in [6.45, 7) is 2.00. The largest absolute Gasteiger partial charge is 0.478 e. The van der Waals surface area contributed by atoms with E-state index in [9.17, 15) is 4.79 Å². The molecule has 0 aliphatic heterocycles. The smallest absolute Gasteiger partial charge is 0.328 e. The van der Waals surface area contributed by atoms with Crippen molar-refractivity contribution in [2.45, 2.75) is 13.3 Å². The molecule has 0 radical (unpaired) electrons. The van der Waals surface area contributed by atoms with E-state index in [0.717, 1.165) is 33.6 Å². The van der Waals surface area contributed by atoms with Crippen LogP contribution in [0.2, 0.25) is 0 Å². The summed E-state index contributed by atoms with van der Waals surface area (Å²) >= 11 is 1.49. The molecule has 18 heavy (non-hydrogen) atoms. The van der Waals surface area contributed by atoms with E-state index in [1.165, 1.54) is 11.3 Å². The van der Waals surface area contributed by atoms with Crippen LogP contribution >= 0.6 is 11.3 Å². The van der Waals surface area contributed by atoms with E-state index in [-0.39, 0.29) is 0 Å². The summed E-state index contributed by atoms with van der Waals surface area (Å²) in [6, 6.07) is 3.78. The molecule has 0 aliphatic rings. The number of carboxylic acids is 1. The van der Waals surface area contributed by atoms with Gasteiger partial charge in [-0.1, -0.05) is 6.92 Å². The SMILES string of the molecule is CCc1nc(-c2ccncc2)sc1/C=C/C(=O)O. The quantitative estimate of drug-likeness (QED) is 0.858. The maximum Gasteiger partial charge on any atom is 0.328 e. The molecule has 0 amide bonds. The third-order valence-corrected chi connectivity index (χ3v) is 3.48. The maximum atomic E-state index is 10.5. The molecular formula is C13H12N2O2S. The predicted molar refractivity (Wildman–Crippen MR) is 71.4 cm³/mol. The normalized spacial score (nSPS) is 10.9. The second kappa shape index (κ2) is 5.55. The lowest BCUT2D eigenvalue weighted by molar-refractivity contribution is -0.131. The van der Waals surface area contributed by atoms with Crippen LogP contribution < -0.4 is 0 Å². The van der Waals surface area contributed by atoms with Crippen LogP contribution in [0.3, 0.4) is 0 Å². The van der Waals surface area contributed by atoms with E-state index in [4.69, 9.17) is 5.11 Å². The number of rotatable bonds is 4. The first-order valence-electron chi connectivity index (χ1n) is 5.51. The second-order valence-corrected chi connectivity index (χ2v) is 4.62. The molecule has 0 aliphatic carbocycles. The summed E-state index contributed by atoms with van der Waals surface area (Å²) in [6.07, 6.45) is 6.96. The maximum absolute atomic E-state index is 10.5. The van der Waals surface area contributed by atoms with E-state index in [1.54, 1.807) is 18.5 Å². The third-order valence-electron chi connectivity index (χ3n) is 2.37. The molecule has 5 heteroatoms.